The smallest absolute Gasteiger partial charge is 0.209 e. The van der Waals surface area contributed by atoms with Crippen molar-refractivity contribution in [3.63, 3.8) is 0 Å². The summed E-state index contributed by atoms with van der Waals surface area (Å²) in [4.78, 5) is 0. The molecule has 18 heavy (non-hydrogen) atoms. The summed E-state index contributed by atoms with van der Waals surface area (Å²) in [5.74, 6) is -6.18. The maximum Gasteiger partial charge on any atom is 0.255 e. The number of benzene rings is 1. The minimum Gasteiger partial charge on any atom is -0.209 e. The number of halogens is 5. The standard InChI is InChI=1S/C7H7Cl4FN3P3/c1-16(7-4-2-6(12)3-5-7)13-17(8,9)15-18(10,11)14-16/h2-5H,1H3. The Morgan fingerprint density at radius 3 is 1.89 bits per heavy atom. The van der Waals surface area contributed by atoms with Crippen LogP contribution in [0.4, 0.5) is 4.39 Å². The van der Waals surface area contributed by atoms with Crippen LogP contribution in [-0.4, -0.2) is 6.66 Å². The second-order valence-electron chi connectivity index (χ2n) is 3.57. The summed E-state index contributed by atoms with van der Waals surface area (Å²) in [6.07, 6.45) is 0. The molecule has 0 bridgehead atoms. The molecule has 1 aliphatic heterocycles. The molecule has 1 heterocycles. The number of rotatable bonds is 1. The molecule has 100 valence electrons. The Balaban J connectivity index is 2.70. The van der Waals surface area contributed by atoms with Crippen molar-refractivity contribution in [2.24, 2.45) is 13.5 Å². The Labute approximate surface area is 123 Å². The van der Waals surface area contributed by atoms with Gasteiger partial charge in [-0.2, -0.15) is 4.52 Å². The van der Waals surface area contributed by atoms with Gasteiger partial charge in [0.05, 0.1) is 0 Å². The second-order valence-corrected chi connectivity index (χ2v) is 16.6. The van der Waals surface area contributed by atoms with Crippen molar-refractivity contribution >= 4 is 69.3 Å². The molecule has 0 saturated carbocycles. The molecule has 3 nitrogen and oxygen atoms in total. The summed E-state index contributed by atoms with van der Waals surface area (Å²) >= 11 is 24.1. The lowest BCUT2D eigenvalue weighted by atomic mass is 10.4. The molecule has 1 unspecified atom stereocenters. The van der Waals surface area contributed by atoms with Crippen LogP contribution in [0.1, 0.15) is 0 Å². The average molecular weight is 387 g/mol. The topological polar surface area (TPSA) is 37.1 Å². The minimum absolute atomic E-state index is 0.345. The third kappa shape index (κ3) is 3.55. The van der Waals surface area contributed by atoms with Crippen LogP contribution >= 0.6 is 64.0 Å². The molecule has 1 aromatic carbocycles. The second kappa shape index (κ2) is 5.08. The van der Waals surface area contributed by atoms with E-state index in [2.05, 4.69) is 13.5 Å². The van der Waals surface area contributed by atoms with Crippen molar-refractivity contribution in [2.75, 3.05) is 6.66 Å². The van der Waals surface area contributed by atoms with E-state index in [4.69, 9.17) is 45.0 Å². The van der Waals surface area contributed by atoms with Crippen molar-refractivity contribution in [1.29, 1.82) is 0 Å². The summed E-state index contributed by atoms with van der Waals surface area (Å²) in [5, 5.41) is 0.718. The van der Waals surface area contributed by atoms with E-state index in [0.29, 0.717) is 0 Å². The molecule has 0 saturated heterocycles. The van der Waals surface area contributed by atoms with Crippen LogP contribution in [0.15, 0.2) is 37.8 Å². The van der Waals surface area contributed by atoms with Crippen LogP contribution in [0, 0.1) is 5.82 Å². The van der Waals surface area contributed by atoms with E-state index in [1.54, 1.807) is 18.8 Å². The molecule has 0 aromatic heterocycles. The van der Waals surface area contributed by atoms with Crippen molar-refractivity contribution in [2.45, 2.75) is 0 Å². The Hall–Kier alpha value is 1.00. The van der Waals surface area contributed by atoms with Crippen LogP contribution in [0.5, 0.6) is 0 Å². The number of hydrogen-bond acceptors (Lipinski definition) is 3. The quantitative estimate of drug-likeness (QED) is 0.463. The molecule has 1 aromatic rings. The van der Waals surface area contributed by atoms with Crippen LogP contribution in [-0.2, 0) is 0 Å². The van der Waals surface area contributed by atoms with Gasteiger partial charge < -0.3 is 0 Å². The molecule has 1 atom stereocenters. The van der Waals surface area contributed by atoms with Gasteiger partial charge in [0.25, 0.3) is 11.8 Å². The lowest BCUT2D eigenvalue weighted by Gasteiger charge is -2.23. The molecule has 0 radical (unpaired) electrons. The molecular formula is C7H7Cl4FN3P3. The van der Waals surface area contributed by atoms with Crippen molar-refractivity contribution in [3.05, 3.63) is 30.1 Å². The molecule has 0 spiro atoms. The van der Waals surface area contributed by atoms with Crippen molar-refractivity contribution in [1.82, 2.24) is 0 Å². The monoisotopic (exact) mass is 385 g/mol. The van der Waals surface area contributed by atoms with E-state index < -0.39 is 19.0 Å². The number of hydrogen-bond donors (Lipinski definition) is 0. The zero-order chi connectivity index (χ0) is 13.6. The lowest BCUT2D eigenvalue weighted by Crippen LogP contribution is -2.02. The van der Waals surface area contributed by atoms with E-state index in [0.717, 1.165) is 5.30 Å². The third-order valence-electron chi connectivity index (χ3n) is 2.09. The summed E-state index contributed by atoms with van der Waals surface area (Å²) in [6.45, 7) is 1.77. The highest BCUT2D eigenvalue weighted by molar-refractivity contribution is 8.21. The van der Waals surface area contributed by atoms with Gasteiger partial charge in [0.2, 0.25) is 0 Å². The highest BCUT2D eigenvalue weighted by Crippen LogP contribution is 2.84. The summed E-state index contributed by atoms with van der Waals surface area (Å²) < 4.78 is 25.4. The lowest BCUT2D eigenvalue weighted by molar-refractivity contribution is 0.628. The van der Waals surface area contributed by atoms with Crippen LogP contribution < -0.4 is 5.30 Å². The summed E-state index contributed by atoms with van der Waals surface area (Å²) in [5.41, 5.74) is 0. The van der Waals surface area contributed by atoms with Gasteiger partial charge in [0.15, 0.2) is 0 Å². The van der Waals surface area contributed by atoms with E-state index in [1.165, 1.54) is 12.1 Å². The first kappa shape index (κ1) is 15.4. The van der Waals surface area contributed by atoms with Gasteiger partial charge in [-0.25, -0.2) is 13.4 Å². The highest BCUT2D eigenvalue weighted by Gasteiger charge is 2.31. The van der Waals surface area contributed by atoms with E-state index in [9.17, 15) is 4.39 Å². The molecule has 0 aliphatic carbocycles. The fourth-order valence-electron chi connectivity index (χ4n) is 1.43. The maximum atomic E-state index is 12.9. The molecule has 0 fully saturated rings. The van der Waals surface area contributed by atoms with Gasteiger partial charge in [0.1, 0.15) is 13.0 Å². The highest BCUT2D eigenvalue weighted by atomic mass is 35.9. The largest absolute Gasteiger partial charge is 0.255 e. The van der Waals surface area contributed by atoms with Gasteiger partial charge in [0, 0.05) is 5.30 Å². The van der Waals surface area contributed by atoms with Gasteiger partial charge in [-0.05, 0) is 75.9 Å². The Bertz CT molecular complexity index is 637. The first-order valence-corrected chi connectivity index (χ1v) is 13.7. The predicted molar refractivity (Wildman–Crippen MR) is 83.4 cm³/mol. The van der Waals surface area contributed by atoms with Crippen LogP contribution in [0.2, 0.25) is 0 Å². The van der Waals surface area contributed by atoms with Crippen LogP contribution in [0.25, 0.3) is 0 Å². The minimum atomic E-state index is -2.92. The molecule has 0 amide bonds. The molecule has 2 rings (SSSR count). The fourth-order valence-corrected chi connectivity index (χ4v) is 18.3. The third-order valence-corrected chi connectivity index (χ3v) is 14.5. The van der Waals surface area contributed by atoms with Gasteiger partial charge in [-0.3, -0.25) is 0 Å². The Morgan fingerprint density at radius 2 is 1.39 bits per heavy atom. The molecule has 1 aliphatic rings. The first-order chi connectivity index (χ1) is 8.12. The Kier molecular flexibility index (Phi) is 4.34. The van der Waals surface area contributed by atoms with Crippen LogP contribution in [0.3, 0.4) is 0 Å². The normalized spacial score (nSPS) is 28.8. The summed E-state index contributed by atoms with van der Waals surface area (Å²) in [6, 6.07) is 5.82. The van der Waals surface area contributed by atoms with E-state index >= 15 is 0 Å². The number of nitrogens with zero attached hydrogens (tertiary/aromatic N) is 3. The zero-order valence-electron chi connectivity index (χ0n) is 8.88. The SMILES string of the molecule is CP1(c2ccc(F)cc2)=NP(Cl)(Cl)=NP(Cl)(Cl)=N1. The zero-order valence-corrected chi connectivity index (χ0v) is 14.6. The van der Waals surface area contributed by atoms with Gasteiger partial charge in [-0.1, -0.05) is 0 Å². The predicted octanol–water partition coefficient (Wildman–Crippen LogP) is 7.06. The van der Waals surface area contributed by atoms with Crippen molar-refractivity contribution < 1.29 is 4.39 Å². The molecule has 11 heteroatoms. The maximum absolute atomic E-state index is 12.9. The average Bonchev–Trinajstić information content (AvgIpc) is 2.12. The van der Waals surface area contributed by atoms with Gasteiger partial charge >= 0.3 is 0 Å². The fraction of sp³-hybridized carbons (Fsp3) is 0.143. The van der Waals surface area contributed by atoms with E-state index in [-0.39, 0.29) is 5.82 Å². The molecular weight excluding hydrogens is 380 g/mol. The Morgan fingerprint density at radius 1 is 0.889 bits per heavy atom. The molecule has 0 N–H and O–H groups in total. The van der Waals surface area contributed by atoms with E-state index in [1.807, 2.05) is 0 Å². The van der Waals surface area contributed by atoms with Gasteiger partial charge in [-0.15, -0.1) is 0 Å². The first-order valence-electron chi connectivity index (χ1n) is 4.56. The summed E-state index contributed by atoms with van der Waals surface area (Å²) in [7, 11) is -2.42. The van der Waals surface area contributed by atoms with Crippen molar-refractivity contribution in [3.8, 4) is 0 Å².